The molecular formula is C12H18N6. The molecule has 0 bridgehead atoms. The van der Waals surface area contributed by atoms with Gasteiger partial charge in [0.05, 0.1) is 0 Å². The number of aryl methyl sites for hydroxylation is 2. The number of nitrogens with zero attached hydrogens (tertiary/aromatic N) is 4. The fraction of sp³-hybridized carbons (Fsp3) is 0.417. The van der Waals surface area contributed by atoms with Crippen molar-refractivity contribution in [1.82, 2.24) is 19.7 Å². The lowest BCUT2D eigenvalue weighted by Gasteiger charge is -2.14. The topological polar surface area (TPSA) is 81.7 Å². The zero-order chi connectivity index (χ0) is 13.3. The molecule has 3 N–H and O–H groups in total. The molecule has 2 heterocycles. The second-order valence-corrected chi connectivity index (χ2v) is 4.57. The Bertz CT molecular complexity index is 558. The van der Waals surface area contributed by atoms with Gasteiger partial charge in [-0.1, -0.05) is 13.8 Å². The van der Waals surface area contributed by atoms with Crippen LogP contribution in [0.3, 0.4) is 0 Å². The first-order valence-corrected chi connectivity index (χ1v) is 5.88. The van der Waals surface area contributed by atoms with Gasteiger partial charge in [0, 0.05) is 24.5 Å². The molecule has 0 atom stereocenters. The summed E-state index contributed by atoms with van der Waals surface area (Å²) in [6.45, 7) is 6.14. The Labute approximate surface area is 106 Å². The Morgan fingerprint density at radius 2 is 2.06 bits per heavy atom. The van der Waals surface area contributed by atoms with Gasteiger partial charge >= 0.3 is 0 Å². The average molecular weight is 246 g/mol. The second kappa shape index (κ2) is 4.73. The first kappa shape index (κ1) is 12.5. The van der Waals surface area contributed by atoms with Crippen molar-refractivity contribution in [2.45, 2.75) is 26.7 Å². The fourth-order valence-corrected chi connectivity index (χ4v) is 2.03. The molecule has 0 radical (unpaired) electrons. The molecule has 0 amide bonds. The molecule has 2 aromatic rings. The highest BCUT2D eigenvalue weighted by molar-refractivity contribution is 5.56. The standard InChI is InChI=1S/C12H18N6/c1-7(2)10-8(3)14-11(15-12(10)16-13)9-5-6-18(4)17-9/h5-7H,13H2,1-4H3,(H,14,15,16). The Kier molecular flexibility index (Phi) is 3.29. The minimum atomic E-state index is 0.314. The van der Waals surface area contributed by atoms with Crippen LogP contribution in [0.2, 0.25) is 0 Å². The van der Waals surface area contributed by atoms with Gasteiger partial charge in [0.1, 0.15) is 11.5 Å². The third-order valence-electron chi connectivity index (χ3n) is 2.79. The van der Waals surface area contributed by atoms with Crippen molar-refractivity contribution in [1.29, 1.82) is 0 Å². The van der Waals surface area contributed by atoms with E-state index in [2.05, 4.69) is 34.3 Å². The number of nitrogens with one attached hydrogen (secondary N) is 1. The van der Waals surface area contributed by atoms with Crippen LogP contribution in [0.4, 0.5) is 5.82 Å². The maximum Gasteiger partial charge on any atom is 0.182 e. The summed E-state index contributed by atoms with van der Waals surface area (Å²) >= 11 is 0. The van der Waals surface area contributed by atoms with E-state index in [0.717, 1.165) is 17.0 Å². The number of anilines is 1. The molecule has 0 spiro atoms. The third kappa shape index (κ3) is 2.19. The van der Waals surface area contributed by atoms with E-state index < -0.39 is 0 Å². The van der Waals surface area contributed by atoms with E-state index in [0.29, 0.717) is 17.6 Å². The third-order valence-corrected chi connectivity index (χ3v) is 2.79. The van der Waals surface area contributed by atoms with E-state index >= 15 is 0 Å². The number of rotatable bonds is 3. The number of hydrogen-bond donors (Lipinski definition) is 2. The molecule has 0 saturated carbocycles. The average Bonchev–Trinajstić information content (AvgIpc) is 2.74. The summed E-state index contributed by atoms with van der Waals surface area (Å²) in [4.78, 5) is 8.94. The molecule has 0 unspecified atom stereocenters. The summed E-state index contributed by atoms with van der Waals surface area (Å²) in [5.41, 5.74) is 5.36. The Morgan fingerprint density at radius 3 is 2.56 bits per heavy atom. The van der Waals surface area contributed by atoms with E-state index in [1.54, 1.807) is 4.68 Å². The number of aromatic nitrogens is 4. The van der Waals surface area contributed by atoms with Gasteiger partial charge in [0.15, 0.2) is 5.82 Å². The van der Waals surface area contributed by atoms with Gasteiger partial charge in [0.25, 0.3) is 0 Å². The summed E-state index contributed by atoms with van der Waals surface area (Å²) in [6.07, 6.45) is 1.86. The number of hydrazine groups is 1. The summed E-state index contributed by atoms with van der Waals surface area (Å²) in [5.74, 6) is 7.11. The van der Waals surface area contributed by atoms with Crippen LogP contribution in [0.25, 0.3) is 11.5 Å². The highest BCUT2D eigenvalue weighted by atomic mass is 15.3. The molecule has 18 heavy (non-hydrogen) atoms. The summed E-state index contributed by atoms with van der Waals surface area (Å²) < 4.78 is 1.72. The lowest BCUT2D eigenvalue weighted by atomic mass is 10.0. The van der Waals surface area contributed by atoms with Gasteiger partial charge in [0.2, 0.25) is 0 Å². The van der Waals surface area contributed by atoms with Crippen LogP contribution in [-0.4, -0.2) is 19.7 Å². The molecule has 2 rings (SSSR count). The van der Waals surface area contributed by atoms with Crippen molar-refractivity contribution in [2.75, 3.05) is 5.43 Å². The van der Waals surface area contributed by atoms with E-state index in [-0.39, 0.29) is 0 Å². The Balaban J connectivity index is 2.55. The molecule has 0 saturated heterocycles. The van der Waals surface area contributed by atoms with Crippen molar-refractivity contribution in [2.24, 2.45) is 12.9 Å². The van der Waals surface area contributed by atoms with Crippen molar-refractivity contribution in [3.05, 3.63) is 23.5 Å². The maximum absolute atomic E-state index is 5.54. The van der Waals surface area contributed by atoms with E-state index in [4.69, 9.17) is 5.84 Å². The van der Waals surface area contributed by atoms with E-state index in [1.807, 2.05) is 26.2 Å². The quantitative estimate of drug-likeness (QED) is 0.635. The number of hydrogen-bond acceptors (Lipinski definition) is 5. The van der Waals surface area contributed by atoms with E-state index in [1.165, 1.54) is 0 Å². The van der Waals surface area contributed by atoms with Crippen LogP contribution < -0.4 is 11.3 Å². The van der Waals surface area contributed by atoms with Gasteiger partial charge in [-0.05, 0) is 18.9 Å². The molecule has 6 nitrogen and oxygen atoms in total. The normalized spacial score (nSPS) is 11.0. The molecule has 0 fully saturated rings. The zero-order valence-electron chi connectivity index (χ0n) is 11.1. The van der Waals surface area contributed by atoms with Crippen LogP contribution in [0.1, 0.15) is 31.0 Å². The van der Waals surface area contributed by atoms with Crippen LogP contribution in [0.5, 0.6) is 0 Å². The smallest absolute Gasteiger partial charge is 0.182 e. The number of nitrogens with two attached hydrogens (primary N) is 1. The van der Waals surface area contributed by atoms with Crippen LogP contribution >= 0.6 is 0 Å². The second-order valence-electron chi connectivity index (χ2n) is 4.57. The summed E-state index contributed by atoms with van der Waals surface area (Å²) in [5, 5.41) is 4.30. The molecule has 0 aliphatic carbocycles. The van der Waals surface area contributed by atoms with Gasteiger partial charge in [-0.25, -0.2) is 15.8 Å². The first-order chi connectivity index (χ1) is 8.52. The lowest BCUT2D eigenvalue weighted by molar-refractivity contribution is 0.767. The van der Waals surface area contributed by atoms with Crippen LogP contribution in [-0.2, 0) is 7.05 Å². The predicted molar refractivity (Wildman–Crippen MR) is 70.9 cm³/mol. The fourth-order valence-electron chi connectivity index (χ4n) is 2.03. The van der Waals surface area contributed by atoms with E-state index in [9.17, 15) is 0 Å². The minimum absolute atomic E-state index is 0.314. The molecule has 6 heteroatoms. The minimum Gasteiger partial charge on any atom is -0.308 e. The number of nitrogen functional groups attached to an aromatic ring is 1. The molecule has 2 aromatic heterocycles. The van der Waals surface area contributed by atoms with Crippen LogP contribution in [0, 0.1) is 6.92 Å². The SMILES string of the molecule is Cc1nc(-c2ccn(C)n2)nc(NN)c1C(C)C. The molecule has 0 aromatic carbocycles. The Hall–Kier alpha value is -1.95. The highest BCUT2D eigenvalue weighted by Crippen LogP contribution is 2.26. The summed E-state index contributed by atoms with van der Waals surface area (Å²) in [6, 6.07) is 1.88. The van der Waals surface area contributed by atoms with Gasteiger partial charge < -0.3 is 5.43 Å². The lowest BCUT2D eigenvalue weighted by Crippen LogP contribution is -2.14. The van der Waals surface area contributed by atoms with Crippen molar-refractivity contribution < 1.29 is 0 Å². The van der Waals surface area contributed by atoms with Crippen molar-refractivity contribution >= 4 is 5.82 Å². The van der Waals surface area contributed by atoms with Crippen molar-refractivity contribution in [3.63, 3.8) is 0 Å². The molecule has 0 aliphatic heterocycles. The van der Waals surface area contributed by atoms with Gasteiger partial charge in [-0.2, -0.15) is 5.10 Å². The Morgan fingerprint density at radius 1 is 1.33 bits per heavy atom. The maximum atomic E-state index is 5.54. The first-order valence-electron chi connectivity index (χ1n) is 5.88. The molecular weight excluding hydrogens is 228 g/mol. The van der Waals surface area contributed by atoms with Crippen LogP contribution in [0.15, 0.2) is 12.3 Å². The molecule has 96 valence electrons. The summed E-state index contributed by atoms with van der Waals surface area (Å²) in [7, 11) is 1.86. The molecule has 0 aliphatic rings. The van der Waals surface area contributed by atoms with Crippen molar-refractivity contribution in [3.8, 4) is 11.5 Å². The monoisotopic (exact) mass is 246 g/mol. The zero-order valence-corrected chi connectivity index (χ0v) is 11.1. The van der Waals surface area contributed by atoms with Gasteiger partial charge in [-0.15, -0.1) is 0 Å². The highest BCUT2D eigenvalue weighted by Gasteiger charge is 2.15. The van der Waals surface area contributed by atoms with Gasteiger partial charge in [-0.3, -0.25) is 4.68 Å². The predicted octanol–water partition coefficient (Wildman–Crippen LogP) is 1.59. The largest absolute Gasteiger partial charge is 0.308 e.